The number of rotatable bonds is 9. The molecule has 2 heterocycles. The standard InChI is InChI=1S/C30H29N7O/c1-21(23-11-9-22(15-31)10-12-23)16-34-28(24-7-5-4-6-8-24)29(38)36-27-14-13-25(17-33-27)26-18-35-37(19-26)30(2,3)20-32/h4-14,17-19,21,28,34H,16H2,1-3H3,(H,33,36,38)/t21-,28?/m1/s1. The second kappa shape index (κ2) is 11.5. The van der Waals surface area contributed by atoms with Crippen molar-refractivity contribution in [1.29, 1.82) is 10.5 Å². The number of nitrogens with one attached hydrogen (secondary N) is 2. The lowest BCUT2D eigenvalue weighted by Gasteiger charge is -2.21. The summed E-state index contributed by atoms with van der Waals surface area (Å²) in [5, 5.41) is 29.0. The lowest BCUT2D eigenvalue weighted by molar-refractivity contribution is -0.118. The molecule has 2 N–H and O–H groups in total. The quantitative estimate of drug-likeness (QED) is 0.326. The highest BCUT2D eigenvalue weighted by atomic mass is 16.2. The highest BCUT2D eigenvalue weighted by Crippen LogP contribution is 2.23. The molecule has 38 heavy (non-hydrogen) atoms. The Balaban J connectivity index is 1.46. The summed E-state index contributed by atoms with van der Waals surface area (Å²) in [4.78, 5) is 17.8. The first-order chi connectivity index (χ1) is 18.3. The largest absolute Gasteiger partial charge is 0.309 e. The van der Waals surface area contributed by atoms with Crippen molar-refractivity contribution in [1.82, 2.24) is 20.1 Å². The minimum absolute atomic E-state index is 0.131. The van der Waals surface area contributed by atoms with Crippen molar-refractivity contribution in [2.24, 2.45) is 0 Å². The minimum atomic E-state index is -0.753. The fraction of sp³-hybridized carbons (Fsp3) is 0.233. The number of benzene rings is 2. The summed E-state index contributed by atoms with van der Waals surface area (Å²) in [5.41, 5.74) is 3.46. The molecule has 1 unspecified atom stereocenters. The van der Waals surface area contributed by atoms with E-state index < -0.39 is 11.6 Å². The van der Waals surface area contributed by atoms with Gasteiger partial charge in [0.15, 0.2) is 0 Å². The molecule has 2 aromatic heterocycles. The van der Waals surface area contributed by atoms with E-state index in [0.717, 1.165) is 22.3 Å². The molecule has 0 radical (unpaired) electrons. The molecule has 8 heteroatoms. The molecule has 0 aliphatic rings. The van der Waals surface area contributed by atoms with Gasteiger partial charge in [0.25, 0.3) is 0 Å². The van der Waals surface area contributed by atoms with Gasteiger partial charge >= 0.3 is 0 Å². The molecule has 0 spiro atoms. The Bertz CT molecular complexity index is 1460. The number of nitriles is 2. The number of carbonyl (C=O) groups excluding carboxylic acids is 1. The van der Waals surface area contributed by atoms with E-state index in [2.05, 4.69) is 39.8 Å². The van der Waals surface area contributed by atoms with Crippen LogP contribution in [0.2, 0.25) is 0 Å². The van der Waals surface area contributed by atoms with Crippen molar-refractivity contribution < 1.29 is 4.79 Å². The highest BCUT2D eigenvalue weighted by Gasteiger charge is 2.23. The Labute approximate surface area is 222 Å². The summed E-state index contributed by atoms with van der Waals surface area (Å²) in [5.74, 6) is 0.351. The van der Waals surface area contributed by atoms with E-state index in [1.165, 1.54) is 0 Å². The number of hydrogen-bond donors (Lipinski definition) is 2. The average molecular weight is 504 g/mol. The molecule has 0 saturated carbocycles. The van der Waals surface area contributed by atoms with E-state index in [-0.39, 0.29) is 11.8 Å². The fourth-order valence-corrected chi connectivity index (χ4v) is 3.97. The van der Waals surface area contributed by atoms with Gasteiger partial charge in [-0.25, -0.2) is 4.98 Å². The molecule has 8 nitrogen and oxygen atoms in total. The molecule has 4 aromatic rings. The Morgan fingerprint density at radius 1 is 0.974 bits per heavy atom. The van der Waals surface area contributed by atoms with E-state index in [4.69, 9.17) is 5.26 Å². The molecule has 0 aliphatic carbocycles. The predicted molar refractivity (Wildman–Crippen MR) is 146 cm³/mol. The van der Waals surface area contributed by atoms with Crippen molar-refractivity contribution in [2.45, 2.75) is 38.3 Å². The number of amides is 1. The topological polar surface area (TPSA) is 119 Å². The van der Waals surface area contributed by atoms with Crippen molar-refractivity contribution in [3.63, 3.8) is 0 Å². The smallest absolute Gasteiger partial charge is 0.247 e. The van der Waals surface area contributed by atoms with Crippen LogP contribution in [0.15, 0.2) is 85.3 Å². The summed E-state index contributed by atoms with van der Waals surface area (Å²) in [6.07, 6.45) is 5.18. The van der Waals surface area contributed by atoms with Crippen molar-refractivity contribution in [3.05, 3.63) is 102 Å². The summed E-state index contributed by atoms with van der Waals surface area (Å²) < 4.78 is 1.62. The summed E-state index contributed by atoms with van der Waals surface area (Å²) >= 11 is 0. The first kappa shape index (κ1) is 26.3. The molecule has 0 saturated heterocycles. The molecule has 1 amide bonds. The number of nitrogens with zero attached hydrogens (tertiary/aromatic N) is 5. The third kappa shape index (κ3) is 6.12. The van der Waals surface area contributed by atoms with Gasteiger partial charge in [0, 0.05) is 30.1 Å². The van der Waals surface area contributed by atoms with Crippen LogP contribution in [0.4, 0.5) is 5.82 Å². The summed E-state index contributed by atoms with van der Waals surface area (Å²) in [6.45, 7) is 6.23. The van der Waals surface area contributed by atoms with Gasteiger partial charge in [-0.1, -0.05) is 49.4 Å². The molecule has 0 fully saturated rings. The van der Waals surface area contributed by atoms with Gasteiger partial charge in [-0.05, 0) is 55.2 Å². The van der Waals surface area contributed by atoms with Gasteiger partial charge in [0.1, 0.15) is 17.4 Å². The Hall–Kier alpha value is -4.79. The average Bonchev–Trinajstić information content (AvgIpc) is 3.45. The van der Waals surface area contributed by atoms with Crippen LogP contribution in [0.25, 0.3) is 11.1 Å². The van der Waals surface area contributed by atoms with Crippen molar-refractivity contribution >= 4 is 11.7 Å². The van der Waals surface area contributed by atoms with E-state index in [0.29, 0.717) is 17.9 Å². The lowest BCUT2D eigenvalue weighted by atomic mass is 9.98. The number of aromatic nitrogens is 3. The van der Waals surface area contributed by atoms with Gasteiger partial charge in [-0.2, -0.15) is 15.6 Å². The number of hydrogen-bond acceptors (Lipinski definition) is 6. The molecular formula is C30H29N7O. The second-order valence-corrected chi connectivity index (χ2v) is 9.65. The van der Waals surface area contributed by atoms with E-state index in [1.807, 2.05) is 54.7 Å². The maximum absolute atomic E-state index is 13.4. The second-order valence-electron chi connectivity index (χ2n) is 9.65. The van der Waals surface area contributed by atoms with Crippen LogP contribution < -0.4 is 10.6 Å². The van der Waals surface area contributed by atoms with Crippen LogP contribution in [0, 0.1) is 22.7 Å². The SMILES string of the molecule is C[C@H](CNC(C(=O)Nc1ccc(-c2cnn(C(C)(C)C#N)c2)cn1)c1ccccc1)c1ccc(C#N)cc1. The number of pyridine rings is 1. The van der Waals surface area contributed by atoms with Gasteiger partial charge in [0.05, 0.1) is 23.9 Å². The lowest BCUT2D eigenvalue weighted by Crippen LogP contribution is -2.35. The zero-order valence-corrected chi connectivity index (χ0v) is 21.6. The van der Waals surface area contributed by atoms with Crippen LogP contribution in [0.5, 0.6) is 0 Å². The number of anilines is 1. The molecule has 4 rings (SSSR count). The third-order valence-electron chi connectivity index (χ3n) is 6.41. The van der Waals surface area contributed by atoms with Crippen LogP contribution in [-0.4, -0.2) is 27.2 Å². The first-order valence-corrected chi connectivity index (χ1v) is 12.3. The maximum Gasteiger partial charge on any atom is 0.247 e. The molecule has 0 aliphatic heterocycles. The van der Waals surface area contributed by atoms with E-state index >= 15 is 0 Å². The Morgan fingerprint density at radius 2 is 1.71 bits per heavy atom. The van der Waals surface area contributed by atoms with Crippen molar-refractivity contribution in [2.75, 3.05) is 11.9 Å². The van der Waals surface area contributed by atoms with Gasteiger partial charge in [-0.15, -0.1) is 0 Å². The Kier molecular flexibility index (Phi) is 7.96. The van der Waals surface area contributed by atoms with Gasteiger partial charge in [0.2, 0.25) is 5.91 Å². The van der Waals surface area contributed by atoms with Gasteiger partial charge < -0.3 is 10.6 Å². The van der Waals surface area contributed by atoms with E-state index in [9.17, 15) is 10.1 Å². The fourth-order valence-electron chi connectivity index (χ4n) is 3.97. The number of carbonyl (C=O) groups is 1. The predicted octanol–water partition coefficient (Wildman–Crippen LogP) is 5.15. The first-order valence-electron chi connectivity index (χ1n) is 12.3. The monoisotopic (exact) mass is 503 g/mol. The molecule has 2 atom stereocenters. The molecule has 2 aromatic carbocycles. The van der Waals surface area contributed by atoms with Gasteiger partial charge in [-0.3, -0.25) is 9.48 Å². The highest BCUT2D eigenvalue weighted by molar-refractivity contribution is 5.95. The van der Waals surface area contributed by atoms with Crippen LogP contribution in [0.1, 0.15) is 49.4 Å². The van der Waals surface area contributed by atoms with Crippen molar-refractivity contribution in [3.8, 4) is 23.3 Å². The molecule has 0 bridgehead atoms. The summed E-state index contributed by atoms with van der Waals surface area (Å²) in [7, 11) is 0. The summed E-state index contributed by atoms with van der Waals surface area (Å²) in [6, 6.07) is 24.5. The zero-order chi connectivity index (χ0) is 27.1. The van der Waals surface area contributed by atoms with Crippen LogP contribution in [0.3, 0.4) is 0 Å². The maximum atomic E-state index is 13.4. The third-order valence-corrected chi connectivity index (χ3v) is 6.41. The van der Waals surface area contributed by atoms with E-state index in [1.54, 1.807) is 49.1 Å². The zero-order valence-electron chi connectivity index (χ0n) is 21.6. The van der Waals surface area contributed by atoms with Crippen LogP contribution >= 0.6 is 0 Å². The Morgan fingerprint density at radius 3 is 2.34 bits per heavy atom. The molecule has 190 valence electrons. The normalized spacial score (nSPS) is 12.7. The minimum Gasteiger partial charge on any atom is -0.309 e. The van der Waals surface area contributed by atoms with Crippen LogP contribution in [-0.2, 0) is 10.3 Å². The molecular weight excluding hydrogens is 474 g/mol.